The highest BCUT2D eigenvalue weighted by Gasteiger charge is 2.01. The van der Waals surface area contributed by atoms with E-state index >= 15 is 0 Å². The Balaban J connectivity index is 0.00000144. The summed E-state index contributed by atoms with van der Waals surface area (Å²) in [5.74, 6) is 1.43. The molecule has 2 rings (SSSR count). The lowest BCUT2D eigenvalue weighted by Gasteiger charge is -1.97. The first-order valence-electron chi connectivity index (χ1n) is 5.03. The SMILES string of the molecule is Cl.O/N=C\c1ccc(CCc2cccnc2)o1. The zero-order valence-electron chi connectivity index (χ0n) is 9.11. The lowest BCUT2D eigenvalue weighted by molar-refractivity contribution is 0.320. The van der Waals surface area contributed by atoms with Crippen molar-refractivity contribution in [3.05, 3.63) is 53.7 Å². The third-order valence-electron chi connectivity index (χ3n) is 2.25. The third kappa shape index (κ3) is 3.92. The Kier molecular flexibility index (Phi) is 5.23. The minimum Gasteiger partial charge on any atom is -0.460 e. The molecule has 2 aromatic rings. The summed E-state index contributed by atoms with van der Waals surface area (Å²) >= 11 is 0. The van der Waals surface area contributed by atoms with Gasteiger partial charge in [-0.05, 0) is 30.2 Å². The molecule has 2 heterocycles. The summed E-state index contributed by atoms with van der Waals surface area (Å²) in [7, 11) is 0. The predicted octanol–water partition coefficient (Wildman–Crippen LogP) is 2.69. The maximum Gasteiger partial charge on any atom is 0.148 e. The number of halogens is 1. The molecule has 1 N–H and O–H groups in total. The van der Waals surface area contributed by atoms with Crippen LogP contribution >= 0.6 is 12.4 Å². The summed E-state index contributed by atoms with van der Waals surface area (Å²) in [6.07, 6.45) is 6.57. The molecule has 0 saturated carbocycles. The molecule has 0 fully saturated rings. The molecule has 0 saturated heterocycles. The number of aromatic nitrogens is 1. The van der Waals surface area contributed by atoms with Gasteiger partial charge in [0.1, 0.15) is 17.7 Å². The summed E-state index contributed by atoms with van der Waals surface area (Å²) in [6, 6.07) is 7.61. The molecule has 0 bridgehead atoms. The topological polar surface area (TPSA) is 58.6 Å². The molecule has 17 heavy (non-hydrogen) atoms. The van der Waals surface area contributed by atoms with Crippen molar-refractivity contribution in [3.63, 3.8) is 0 Å². The van der Waals surface area contributed by atoms with E-state index in [1.165, 1.54) is 11.8 Å². The summed E-state index contributed by atoms with van der Waals surface area (Å²) in [4.78, 5) is 4.05. The van der Waals surface area contributed by atoms with Crippen molar-refractivity contribution >= 4 is 18.6 Å². The fraction of sp³-hybridized carbons (Fsp3) is 0.167. The maximum atomic E-state index is 8.34. The van der Waals surface area contributed by atoms with Gasteiger partial charge in [0.05, 0.1) is 0 Å². The van der Waals surface area contributed by atoms with E-state index in [9.17, 15) is 0 Å². The summed E-state index contributed by atoms with van der Waals surface area (Å²) in [5, 5.41) is 11.2. The normalized spacial score (nSPS) is 10.4. The van der Waals surface area contributed by atoms with E-state index in [2.05, 4.69) is 10.1 Å². The Morgan fingerprint density at radius 3 is 2.88 bits per heavy atom. The molecule has 0 aliphatic carbocycles. The average Bonchev–Trinajstić information content (AvgIpc) is 2.76. The standard InChI is InChI=1S/C12H12N2O2.ClH/c15-14-9-12-6-5-11(16-12)4-3-10-2-1-7-13-8-10;/h1-2,5-9,15H,3-4H2;1H/b14-9-;. The van der Waals surface area contributed by atoms with Gasteiger partial charge < -0.3 is 9.62 Å². The van der Waals surface area contributed by atoms with Crippen molar-refractivity contribution in [1.82, 2.24) is 4.98 Å². The smallest absolute Gasteiger partial charge is 0.148 e. The minimum absolute atomic E-state index is 0. The number of nitrogens with zero attached hydrogens (tertiary/aromatic N) is 2. The summed E-state index contributed by atoms with van der Waals surface area (Å²) in [5.41, 5.74) is 1.18. The maximum absolute atomic E-state index is 8.34. The molecular weight excluding hydrogens is 240 g/mol. The van der Waals surface area contributed by atoms with Crippen LogP contribution in [-0.2, 0) is 12.8 Å². The molecular formula is C12H13ClN2O2. The molecule has 90 valence electrons. The molecule has 0 amide bonds. The highest BCUT2D eigenvalue weighted by molar-refractivity contribution is 5.85. The zero-order valence-corrected chi connectivity index (χ0v) is 9.93. The molecule has 0 radical (unpaired) electrons. The molecule has 5 heteroatoms. The third-order valence-corrected chi connectivity index (χ3v) is 2.25. The van der Waals surface area contributed by atoms with Gasteiger partial charge in [0.25, 0.3) is 0 Å². The quantitative estimate of drug-likeness (QED) is 0.517. The van der Waals surface area contributed by atoms with Gasteiger partial charge in [-0.2, -0.15) is 0 Å². The summed E-state index contributed by atoms with van der Waals surface area (Å²) in [6.45, 7) is 0. The van der Waals surface area contributed by atoms with E-state index in [0.29, 0.717) is 5.76 Å². The van der Waals surface area contributed by atoms with E-state index < -0.39 is 0 Å². The zero-order chi connectivity index (χ0) is 11.2. The fourth-order valence-corrected chi connectivity index (χ4v) is 1.47. The first-order valence-corrected chi connectivity index (χ1v) is 5.03. The van der Waals surface area contributed by atoms with Crippen LogP contribution in [0, 0.1) is 0 Å². The number of aryl methyl sites for hydroxylation is 2. The van der Waals surface area contributed by atoms with Crippen LogP contribution in [0.5, 0.6) is 0 Å². The number of furan rings is 1. The largest absolute Gasteiger partial charge is 0.460 e. The Hall–Kier alpha value is -1.81. The fourth-order valence-electron chi connectivity index (χ4n) is 1.47. The van der Waals surface area contributed by atoms with E-state index in [0.717, 1.165) is 18.6 Å². The van der Waals surface area contributed by atoms with Crippen LogP contribution in [0.25, 0.3) is 0 Å². The van der Waals surface area contributed by atoms with Gasteiger partial charge in [-0.3, -0.25) is 4.98 Å². The van der Waals surface area contributed by atoms with Gasteiger partial charge in [-0.1, -0.05) is 11.2 Å². The number of pyridine rings is 1. The molecule has 0 aromatic carbocycles. The van der Waals surface area contributed by atoms with Gasteiger partial charge in [0, 0.05) is 18.8 Å². The van der Waals surface area contributed by atoms with Crippen molar-refractivity contribution in [1.29, 1.82) is 0 Å². The van der Waals surface area contributed by atoms with Crippen molar-refractivity contribution < 1.29 is 9.62 Å². The van der Waals surface area contributed by atoms with Gasteiger partial charge >= 0.3 is 0 Å². The van der Waals surface area contributed by atoms with Crippen LogP contribution in [0.4, 0.5) is 0 Å². The second kappa shape index (κ2) is 6.70. The van der Waals surface area contributed by atoms with Crippen molar-refractivity contribution in [2.75, 3.05) is 0 Å². The first kappa shape index (κ1) is 13.3. The first-order chi connectivity index (χ1) is 7.88. The van der Waals surface area contributed by atoms with Gasteiger partial charge in [-0.25, -0.2) is 0 Å². The number of oxime groups is 1. The van der Waals surface area contributed by atoms with Gasteiger partial charge in [-0.15, -0.1) is 12.4 Å². The van der Waals surface area contributed by atoms with Crippen LogP contribution in [0.3, 0.4) is 0 Å². The van der Waals surface area contributed by atoms with Crippen molar-refractivity contribution in [2.45, 2.75) is 12.8 Å². The highest BCUT2D eigenvalue weighted by Crippen LogP contribution is 2.09. The lowest BCUT2D eigenvalue weighted by Crippen LogP contribution is -1.89. The van der Waals surface area contributed by atoms with E-state index in [1.807, 2.05) is 24.4 Å². The molecule has 0 unspecified atom stereocenters. The Morgan fingerprint density at radius 1 is 1.29 bits per heavy atom. The van der Waals surface area contributed by atoms with Gasteiger partial charge in [0.2, 0.25) is 0 Å². The monoisotopic (exact) mass is 252 g/mol. The van der Waals surface area contributed by atoms with Crippen LogP contribution in [0.15, 0.2) is 46.2 Å². The molecule has 2 aromatic heterocycles. The minimum atomic E-state index is 0. The Morgan fingerprint density at radius 2 is 2.18 bits per heavy atom. The van der Waals surface area contributed by atoms with Crippen LogP contribution in [0.1, 0.15) is 17.1 Å². The Bertz CT molecular complexity index is 468. The summed E-state index contributed by atoms with van der Waals surface area (Å²) < 4.78 is 5.42. The van der Waals surface area contributed by atoms with Gasteiger partial charge in [0.15, 0.2) is 0 Å². The molecule has 0 aliphatic rings. The second-order valence-corrected chi connectivity index (χ2v) is 3.41. The van der Waals surface area contributed by atoms with Crippen LogP contribution < -0.4 is 0 Å². The van der Waals surface area contributed by atoms with Crippen LogP contribution in [-0.4, -0.2) is 16.4 Å². The van der Waals surface area contributed by atoms with E-state index in [4.69, 9.17) is 9.62 Å². The van der Waals surface area contributed by atoms with E-state index in [1.54, 1.807) is 12.3 Å². The second-order valence-electron chi connectivity index (χ2n) is 3.41. The molecule has 0 spiro atoms. The number of hydrogen-bond acceptors (Lipinski definition) is 4. The van der Waals surface area contributed by atoms with E-state index in [-0.39, 0.29) is 12.4 Å². The number of rotatable bonds is 4. The van der Waals surface area contributed by atoms with Crippen molar-refractivity contribution in [3.8, 4) is 0 Å². The molecule has 0 atom stereocenters. The lowest BCUT2D eigenvalue weighted by atomic mass is 10.1. The predicted molar refractivity (Wildman–Crippen MR) is 67.0 cm³/mol. The average molecular weight is 253 g/mol. The number of hydrogen-bond donors (Lipinski definition) is 1. The Labute approximate surface area is 105 Å². The molecule has 4 nitrogen and oxygen atoms in total. The van der Waals surface area contributed by atoms with Crippen LogP contribution in [0.2, 0.25) is 0 Å². The highest BCUT2D eigenvalue weighted by atomic mass is 35.5. The van der Waals surface area contributed by atoms with Crippen molar-refractivity contribution in [2.24, 2.45) is 5.16 Å². The molecule has 0 aliphatic heterocycles.